The molecule has 0 spiro atoms. The number of aliphatic carboxylic acids is 1. The van der Waals surface area contributed by atoms with Gasteiger partial charge >= 0.3 is 5.97 Å². The molecule has 4 heteroatoms. The molecule has 15 heavy (non-hydrogen) atoms. The average molecular weight is 208 g/mol. The number of hydrogen-bond acceptors (Lipinski definition) is 3. The highest BCUT2D eigenvalue weighted by Gasteiger charge is 2.10. The maximum absolute atomic E-state index is 10.7. The first-order valence-corrected chi connectivity index (χ1v) is 4.55. The first kappa shape index (κ1) is 11.2. The number of ketones is 1. The van der Waals surface area contributed by atoms with Crippen LogP contribution in [0.1, 0.15) is 12.0 Å². The van der Waals surface area contributed by atoms with E-state index >= 15 is 0 Å². The Labute approximate surface area is 87.5 Å². The van der Waals surface area contributed by atoms with Gasteiger partial charge in [0.05, 0.1) is 13.0 Å². The Bertz CT molecular complexity index is 353. The molecule has 1 rings (SSSR count). The van der Waals surface area contributed by atoms with Crippen LogP contribution in [0.4, 0.5) is 0 Å². The molecule has 4 nitrogen and oxygen atoms in total. The summed E-state index contributed by atoms with van der Waals surface area (Å²) in [6, 6.07) is 7.32. The van der Waals surface area contributed by atoms with Gasteiger partial charge in [-0.25, -0.2) is 4.79 Å². The summed E-state index contributed by atoms with van der Waals surface area (Å²) in [5, 5.41) is 8.31. The number of Topliss-reactive ketones (excluding diaryl/α,β-unsaturated/α-hetero) is 1. The van der Waals surface area contributed by atoms with Gasteiger partial charge in [0.1, 0.15) is 5.75 Å². The fourth-order valence-corrected chi connectivity index (χ4v) is 1.00. The third kappa shape index (κ3) is 3.81. The molecule has 1 N–H and O–H groups in total. The van der Waals surface area contributed by atoms with Crippen molar-refractivity contribution in [1.82, 2.24) is 0 Å². The van der Waals surface area contributed by atoms with E-state index in [1.807, 2.05) is 19.1 Å². The van der Waals surface area contributed by atoms with Gasteiger partial charge in [0, 0.05) is 0 Å². The van der Waals surface area contributed by atoms with Crippen molar-refractivity contribution in [3.05, 3.63) is 29.8 Å². The molecule has 0 saturated carbocycles. The first-order valence-electron chi connectivity index (χ1n) is 4.55. The van der Waals surface area contributed by atoms with Crippen LogP contribution in [0.2, 0.25) is 0 Å². The van der Waals surface area contributed by atoms with Gasteiger partial charge in [-0.3, -0.25) is 4.79 Å². The molecule has 0 aliphatic carbocycles. The second-order valence-electron chi connectivity index (χ2n) is 3.14. The van der Waals surface area contributed by atoms with Crippen LogP contribution in [0.3, 0.4) is 0 Å². The number of carboxylic acids is 1. The van der Waals surface area contributed by atoms with Crippen molar-refractivity contribution >= 4 is 11.8 Å². The Morgan fingerprint density at radius 2 is 1.87 bits per heavy atom. The molecule has 80 valence electrons. The molecule has 0 atom stereocenters. The Hall–Kier alpha value is -1.84. The van der Waals surface area contributed by atoms with Gasteiger partial charge in [0.2, 0.25) is 5.78 Å². The second-order valence-corrected chi connectivity index (χ2v) is 3.14. The number of ether oxygens (including phenoxy) is 1. The Kier molecular flexibility index (Phi) is 3.85. The molecule has 0 aliphatic rings. The van der Waals surface area contributed by atoms with Gasteiger partial charge in [-0.05, 0) is 19.1 Å². The molecule has 0 aromatic heterocycles. The fourth-order valence-electron chi connectivity index (χ4n) is 1.00. The molecule has 0 fully saturated rings. The van der Waals surface area contributed by atoms with E-state index in [1.165, 1.54) is 0 Å². The van der Waals surface area contributed by atoms with Crippen LogP contribution < -0.4 is 4.74 Å². The molecule has 1 aromatic rings. The van der Waals surface area contributed by atoms with E-state index in [4.69, 9.17) is 9.84 Å². The zero-order chi connectivity index (χ0) is 11.3. The maximum atomic E-state index is 10.7. The zero-order valence-electron chi connectivity index (χ0n) is 8.40. The van der Waals surface area contributed by atoms with Gasteiger partial charge in [-0.15, -0.1) is 0 Å². The van der Waals surface area contributed by atoms with Crippen molar-refractivity contribution in [2.75, 3.05) is 6.61 Å². The van der Waals surface area contributed by atoms with Crippen LogP contribution in [-0.4, -0.2) is 23.5 Å². The molecule has 0 unspecified atom stereocenters. The number of carboxylic acid groups (broad SMARTS) is 1. The highest BCUT2D eigenvalue weighted by molar-refractivity contribution is 6.32. The highest BCUT2D eigenvalue weighted by Crippen LogP contribution is 2.11. The van der Waals surface area contributed by atoms with Crippen LogP contribution >= 0.6 is 0 Å². The minimum Gasteiger partial charge on any atom is -0.493 e. The lowest BCUT2D eigenvalue weighted by Crippen LogP contribution is -2.15. The van der Waals surface area contributed by atoms with Gasteiger partial charge in [0.25, 0.3) is 0 Å². The summed E-state index contributed by atoms with van der Waals surface area (Å²) < 4.78 is 5.20. The van der Waals surface area contributed by atoms with Crippen LogP contribution in [0.15, 0.2) is 24.3 Å². The van der Waals surface area contributed by atoms with Crippen LogP contribution in [0, 0.1) is 6.92 Å². The second kappa shape index (κ2) is 5.14. The summed E-state index contributed by atoms with van der Waals surface area (Å²) in [7, 11) is 0. The summed E-state index contributed by atoms with van der Waals surface area (Å²) in [6.45, 7) is 2.05. The van der Waals surface area contributed by atoms with Crippen molar-refractivity contribution in [1.29, 1.82) is 0 Å². The molecule has 0 aliphatic heterocycles. The summed E-state index contributed by atoms with van der Waals surface area (Å²) in [4.78, 5) is 20.9. The minimum atomic E-state index is -1.41. The number of carbonyl (C=O) groups excluding carboxylic acids is 1. The standard InChI is InChI=1S/C11H12O4/c1-8-2-4-9(5-3-8)15-7-6-10(12)11(13)14/h2-5H,6-7H2,1H3,(H,13,14). The Balaban J connectivity index is 2.35. The van der Waals surface area contributed by atoms with E-state index in [0.717, 1.165) is 5.56 Å². The summed E-state index contributed by atoms with van der Waals surface area (Å²) in [5.41, 5.74) is 1.11. The molecule has 0 radical (unpaired) electrons. The number of benzene rings is 1. The van der Waals surface area contributed by atoms with Crippen molar-refractivity contribution in [2.45, 2.75) is 13.3 Å². The number of rotatable bonds is 5. The third-order valence-corrected chi connectivity index (χ3v) is 1.86. The number of aryl methyl sites for hydroxylation is 1. The first-order chi connectivity index (χ1) is 7.09. The largest absolute Gasteiger partial charge is 0.493 e. The van der Waals surface area contributed by atoms with Gasteiger partial charge in [0.15, 0.2) is 0 Å². The lowest BCUT2D eigenvalue weighted by Gasteiger charge is -2.04. The zero-order valence-corrected chi connectivity index (χ0v) is 8.40. The molecular formula is C11H12O4. The molecule has 0 saturated heterocycles. The topological polar surface area (TPSA) is 63.6 Å². The quantitative estimate of drug-likeness (QED) is 0.743. The molecule has 0 heterocycles. The van der Waals surface area contributed by atoms with E-state index < -0.39 is 11.8 Å². The van der Waals surface area contributed by atoms with E-state index in [9.17, 15) is 9.59 Å². The van der Waals surface area contributed by atoms with E-state index in [2.05, 4.69) is 0 Å². The molecule has 0 bridgehead atoms. The molecule has 0 amide bonds. The van der Waals surface area contributed by atoms with Crippen molar-refractivity contribution < 1.29 is 19.4 Å². The van der Waals surface area contributed by atoms with Crippen LogP contribution in [0.5, 0.6) is 5.75 Å². The fraction of sp³-hybridized carbons (Fsp3) is 0.273. The van der Waals surface area contributed by atoms with Crippen molar-refractivity contribution in [3.8, 4) is 5.75 Å². The summed E-state index contributed by atoms with van der Waals surface area (Å²) in [6.07, 6.45) is -0.108. The third-order valence-electron chi connectivity index (χ3n) is 1.86. The Morgan fingerprint density at radius 1 is 1.27 bits per heavy atom. The van der Waals surface area contributed by atoms with Crippen molar-refractivity contribution in [2.24, 2.45) is 0 Å². The minimum absolute atomic E-state index is 0.0915. The van der Waals surface area contributed by atoms with E-state index in [-0.39, 0.29) is 13.0 Å². The predicted octanol–water partition coefficient (Wildman–Crippen LogP) is 1.42. The monoisotopic (exact) mass is 208 g/mol. The van der Waals surface area contributed by atoms with Gasteiger partial charge < -0.3 is 9.84 Å². The van der Waals surface area contributed by atoms with Crippen LogP contribution in [0.25, 0.3) is 0 Å². The van der Waals surface area contributed by atoms with Crippen LogP contribution in [-0.2, 0) is 9.59 Å². The Morgan fingerprint density at radius 3 is 2.40 bits per heavy atom. The lowest BCUT2D eigenvalue weighted by molar-refractivity contribution is -0.149. The van der Waals surface area contributed by atoms with Crippen molar-refractivity contribution in [3.63, 3.8) is 0 Å². The van der Waals surface area contributed by atoms with E-state index in [1.54, 1.807) is 12.1 Å². The number of carbonyl (C=O) groups is 2. The lowest BCUT2D eigenvalue weighted by atomic mass is 10.2. The smallest absolute Gasteiger partial charge is 0.372 e. The SMILES string of the molecule is Cc1ccc(OCCC(=O)C(=O)O)cc1. The summed E-state index contributed by atoms with van der Waals surface area (Å²) in [5.74, 6) is -1.61. The maximum Gasteiger partial charge on any atom is 0.372 e. The van der Waals surface area contributed by atoms with E-state index in [0.29, 0.717) is 5.75 Å². The predicted molar refractivity (Wildman–Crippen MR) is 53.9 cm³/mol. The highest BCUT2D eigenvalue weighted by atomic mass is 16.5. The normalized spacial score (nSPS) is 9.67. The van der Waals surface area contributed by atoms with Gasteiger partial charge in [-0.2, -0.15) is 0 Å². The molecule has 1 aromatic carbocycles. The number of hydrogen-bond donors (Lipinski definition) is 1. The summed E-state index contributed by atoms with van der Waals surface area (Å²) >= 11 is 0. The average Bonchev–Trinajstić information content (AvgIpc) is 2.20. The van der Waals surface area contributed by atoms with Gasteiger partial charge in [-0.1, -0.05) is 17.7 Å². The molecular weight excluding hydrogens is 196 g/mol.